The van der Waals surface area contributed by atoms with Gasteiger partial charge in [-0.3, -0.25) is 23.7 Å². The van der Waals surface area contributed by atoms with E-state index < -0.39 is 0 Å². The van der Waals surface area contributed by atoms with Crippen LogP contribution in [0.5, 0.6) is 0 Å². The number of carbonyl (C=O) groups is 3. The Kier molecular flexibility index (Phi) is 8.50. The van der Waals surface area contributed by atoms with Gasteiger partial charge < -0.3 is 15.1 Å². The number of ketones is 2. The van der Waals surface area contributed by atoms with E-state index in [1.807, 2.05) is 18.2 Å². The van der Waals surface area contributed by atoms with E-state index in [0.29, 0.717) is 60.1 Å². The van der Waals surface area contributed by atoms with Crippen molar-refractivity contribution in [3.05, 3.63) is 94.1 Å². The second-order valence-corrected chi connectivity index (χ2v) is 11.5. The molecule has 3 aromatic heterocycles. The average Bonchev–Trinajstić information content (AvgIpc) is 3.59. The van der Waals surface area contributed by atoms with E-state index in [4.69, 9.17) is 4.98 Å². The van der Waals surface area contributed by atoms with Crippen LogP contribution in [0.4, 0.5) is 17.5 Å². The highest BCUT2D eigenvalue weighted by Crippen LogP contribution is 2.32. The predicted molar refractivity (Wildman–Crippen MR) is 172 cm³/mol. The third kappa shape index (κ3) is 6.24. The van der Waals surface area contributed by atoms with Gasteiger partial charge in [0.1, 0.15) is 11.5 Å². The van der Waals surface area contributed by atoms with Crippen LogP contribution in [0.1, 0.15) is 64.9 Å². The lowest BCUT2D eigenvalue weighted by atomic mass is 10.0. The summed E-state index contributed by atoms with van der Waals surface area (Å²) in [4.78, 5) is 68.4. The molecule has 2 aliphatic rings. The summed E-state index contributed by atoms with van der Waals surface area (Å²) in [5.74, 6) is 0.231. The van der Waals surface area contributed by atoms with Crippen LogP contribution in [0.3, 0.4) is 0 Å². The number of nitrogens with zero attached hydrogens (tertiary/aromatic N) is 6. The Morgan fingerprint density at radius 1 is 0.911 bits per heavy atom. The summed E-state index contributed by atoms with van der Waals surface area (Å²) in [6.07, 6.45) is 9.92. The number of carbonyl (C=O) groups excluding carboxylic acids is 3. The number of aryl methyl sites for hydroxylation is 1. The molecule has 11 nitrogen and oxygen atoms in total. The molecule has 1 aliphatic carbocycles. The number of pyridine rings is 2. The largest absolute Gasteiger partial charge is 0.367 e. The molecule has 0 unspecified atom stereocenters. The van der Waals surface area contributed by atoms with Gasteiger partial charge in [-0.1, -0.05) is 43.2 Å². The van der Waals surface area contributed by atoms with Crippen molar-refractivity contribution >= 4 is 46.0 Å². The van der Waals surface area contributed by atoms with Gasteiger partial charge in [-0.05, 0) is 50.5 Å². The first-order valence-electron chi connectivity index (χ1n) is 15.3. The van der Waals surface area contributed by atoms with Crippen LogP contribution in [-0.4, -0.2) is 68.1 Å². The standard InChI is InChI=1S/C34H35N7O4/c1-22-27-21-36-34(38-32(27)41(25-10-6-7-11-25)33(45)31(22)23(2)42)37-29-14-12-26(20-35-29)39-16-18-40(19-17-39)30(44)15-13-28(43)24-8-4-3-5-9-24/h3-5,8-9,12-15,20-21,25H,6-7,10-11,16-19H2,1-2H3,(H,35,36,37,38)/b15-13+. The van der Waals surface area contributed by atoms with E-state index in [2.05, 4.69) is 20.2 Å². The molecular weight excluding hydrogens is 570 g/mol. The minimum absolute atomic E-state index is 0.00224. The highest BCUT2D eigenvalue weighted by molar-refractivity contribution is 6.07. The molecule has 230 valence electrons. The first-order valence-corrected chi connectivity index (χ1v) is 15.3. The number of amides is 1. The van der Waals surface area contributed by atoms with Crippen molar-refractivity contribution < 1.29 is 14.4 Å². The number of rotatable bonds is 8. The minimum Gasteiger partial charge on any atom is -0.367 e. The molecule has 6 rings (SSSR count). The molecule has 1 aliphatic heterocycles. The van der Waals surface area contributed by atoms with E-state index >= 15 is 0 Å². The molecule has 1 aromatic carbocycles. The van der Waals surface area contributed by atoms with E-state index in [1.165, 1.54) is 19.1 Å². The average molecular weight is 606 g/mol. The zero-order valence-corrected chi connectivity index (χ0v) is 25.4. The van der Waals surface area contributed by atoms with E-state index in [9.17, 15) is 19.2 Å². The number of hydrogen-bond acceptors (Lipinski definition) is 9. The third-order valence-electron chi connectivity index (χ3n) is 8.63. The van der Waals surface area contributed by atoms with Gasteiger partial charge in [-0.25, -0.2) is 9.97 Å². The van der Waals surface area contributed by atoms with Gasteiger partial charge in [0.15, 0.2) is 11.6 Å². The second kappa shape index (κ2) is 12.8. The first kappa shape index (κ1) is 29.9. The van der Waals surface area contributed by atoms with Crippen molar-refractivity contribution in [2.24, 2.45) is 0 Å². The molecule has 45 heavy (non-hydrogen) atoms. The van der Waals surface area contributed by atoms with E-state index in [-0.39, 0.29) is 34.6 Å². The Hall–Kier alpha value is -5.19. The van der Waals surface area contributed by atoms with Crippen molar-refractivity contribution in [3.63, 3.8) is 0 Å². The maximum atomic E-state index is 13.5. The topological polar surface area (TPSA) is 130 Å². The van der Waals surface area contributed by atoms with Gasteiger partial charge in [-0.15, -0.1) is 0 Å². The molecule has 1 N–H and O–H groups in total. The van der Waals surface area contributed by atoms with Crippen LogP contribution in [-0.2, 0) is 4.79 Å². The van der Waals surface area contributed by atoms with Crippen molar-refractivity contribution in [2.75, 3.05) is 36.4 Å². The summed E-state index contributed by atoms with van der Waals surface area (Å²) in [6, 6.07) is 12.7. The van der Waals surface area contributed by atoms with Gasteiger partial charge in [0.05, 0.1) is 17.4 Å². The lowest BCUT2D eigenvalue weighted by Crippen LogP contribution is -2.48. The maximum absolute atomic E-state index is 13.5. The highest BCUT2D eigenvalue weighted by Gasteiger charge is 2.26. The van der Waals surface area contributed by atoms with Crippen LogP contribution in [0.15, 0.2) is 71.8 Å². The van der Waals surface area contributed by atoms with E-state index in [1.54, 1.807) is 53.0 Å². The quantitative estimate of drug-likeness (QED) is 0.225. The molecule has 0 bridgehead atoms. The zero-order chi connectivity index (χ0) is 31.5. The fourth-order valence-electron chi connectivity index (χ4n) is 6.21. The predicted octanol–water partition coefficient (Wildman–Crippen LogP) is 4.64. The lowest BCUT2D eigenvalue weighted by molar-refractivity contribution is -0.126. The first-order chi connectivity index (χ1) is 21.8. The Bertz CT molecular complexity index is 1840. The zero-order valence-electron chi connectivity index (χ0n) is 25.4. The van der Waals surface area contributed by atoms with Crippen molar-refractivity contribution in [3.8, 4) is 0 Å². The molecule has 11 heteroatoms. The molecule has 1 saturated heterocycles. The summed E-state index contributed by atoms with van der Waals surface area (Å²) in [5.41, 5.74) is 2.51. The summed E-state index contributed by atoms with van der Waals surface area (Å²) in [6.45, 7) is 5.52. The number of benzene rings is 1. The number of anilines is 3. The number of Topliss-reactive ketones (excluding diaryl/α,β-unsaturated/α-hetero) is 1. The molecule has 1 amide bonds. The van der Waals surface area contributed by atoms with Crippen LogP contribution in [0.25, 0.3) is 11.0 Å². The summed E-state index contributed by atoms with van der Waals surface area (Å²) < 4.78 is 1.69. The SMILES string of the molecule is CC(=O)c1c(C)c2cnc(Nc3ccc(N4CCN(C(=O)/C=C/C(=O)c5ccccc5)CC4)cn3)nc2n(C2CCCC2)c1=O. The third-order valence-corrected chi connectivity index (χ3v) is 8.63. The Morgan fingerprint density at radius 3 is 2.31 bits per heavy atom. The number of allylic oxidation sites excluding steroid dienone is 1. The number of hydrogen-bond donors (Lipinski definition) is 1. The van der Waals surface area contributed by atoms with Crippen LogP contribution < -0.4 is 15.8 Å². The van der Waals surface area contributed by atoms with Crippen molar-refractivity contribution in [1.82, 2.24) is 24.4 Å². The fourth-order valence-corrected chi connectivity index (χ4v) is 6.21. The Morgan fingerprint density at radius 2 is 1.64 bits per heavy atom. The minimum atomic E-state index is -0.287. The second-order valence-electron chi connectivity index (χ2n) is 11.5. The molecule has 4 heterocycles. The molecule has 4 aromatic rings. The number of nitrogens with one attached hydrogen (secondary N) is 1. The molecular formula is C34H35N7O4. The summed E-state index contributed by atoms with van der Waals surface area (Å²) in [7, 11) is 0. The van der Waals surface area contributed by atoms with Gasteiger partial charge >= 0.3 is 0 Å². The Balaban J connectivity index is 1.12. The van der Waals surface area contributed by atoms with Gasteiger partial charge in [0.2, 0.25) is 11.9 Å². The molecule has 0 radical (unpaired) electrons. The highest BCUT2D eigenvalue weighted by atomic mass is 16.2. The summed E-state index contributed by atoms with van der Waals surface area (Å²) >= 11 is 0. The normalized spacial score (nSPS) is 15.6. The summed E-state index contributed by atoms with van der Waals surface area (Å²) in [5, 5.41) is 3.85. The van der Waals surface area contributed by atoms with Crippen molar-refractivity contribution in [1.29, 1.82) is 0 Å². The fraction of sp³-hybridized carbons (Fsp3) is 0.324. The maximum Gasteiger partial charge on any atom is 0.263 e. The molecule has 0 spiro atoms. The van der Waals surface area contributed by atoms with Crippen LogP contribution in [0.2, 0.25) is 0 Å². The van der Waals surface area contributed by atoms with Gasteiger partial charge in [0, 0.05) is 55.4 Å². The Labute approximate surface area is 260 Å². The number of aromatic nitrogens is 4. The van der Waals surface area contributed by atoms with Gasteiger partial charge in [-0.2, -0.15) is 4.98 Å². The van der Waals surface area contributed by atoms with Crippen LogP contribution >= 0.6 is 0 Å². The van der Waals surface area contributed by atoms with Crippen molar-refractivity contribution in [2.45, 2.75) is 45.6 Å². The lowest BCUT2D eigenvalue weighted by Gasteiger charge is -2.35. The monoisotopic (exact) mass is 605 g/mol. The number of piperazine rings is 1. The molecule has 1 saturated carbocycles. The number of fused-ring (bicyclic) bond motifs is 1. The molecule has 2 fully saturated rings. The van der Waals surface area contributed by atoms with Crippen LogP contribution in [0, 0.1) is 6.92 Å². The van der Waals surface area contributed by atoms with E-state index in [0.717, 1.165) is 31.4 Å². The van der Waals surface area contributed by atoms with Gasteiger partial charge in [0.25, 0.3) is 5.56 Å². The molecule has 0 atom stereocenters. The smallest absolute Gasteiger partial charge is 0.263 e.